The van der Waals surface area contributed by atoms with Gasteiger partial charge in [-0.25, -0.2) is 0 Å². The van der Waals surface area contributed by atoms with E-state index in [0.29, 0.717) is 13.0 Å². The minimum absolute atomic E-state index is 0.507. The van der Waals surface area contributed by atoms with Gasteiger partial charge in [-0.1, -0.05) is 19.9 Å². The minimum Gasteiger partial charge on any atom is -0.355 e. The van der Waals surface area contributed by atoms with Gasteiger partial charge < -0.3 is 5.32 Å². The fraction of sp³-hybridized carbons (Fsp3) is 0.312. The van der Waals surface area contributed by atoms with E-state index in [1.165, 1.54) is 0 Å². The number of carbonyl (C=O) groups is 1. The summed E-state index contributed by atoms with van der Waals surface area (Å²) in [6.45, 7) is 8.48. The highest BCUT2D eigenvalue weighted by Gasteiger charge is 2.05. The standard InChI is InChI=1S/C14H15N3O.C2H6/c1-10-5-12(7-15-9-18)8-17-14(10)13-3-4-16-11(2)6-13;1-2/h3-6,8-9H,7H2,1-2H3,(H,15,18);1-2H3. The third-order valence-electron chi connectivity index (χ3n) is 2.69. The maximum absolute atomic E-state index is 10.3. The van der Waals surface area contributed by atoms with Crippen LogP contribution in [0.15, 0.2) is 30.6 Å². The molecule has 0 aliphatic carbocycles. The zero-order valence-electron chi connectivity index (χ0n) is 12.5. The molecule has 2 rings (SSSR count). The Balaban J connectivity index is 0.000000956. The first kappa shape index (κ1) is 15.8. The summed E-state index contributed by atoms with van der Waals surface area (Å²) in [6, 6.07) is 6.00. The first-order valence-electron chi connectivity index (χ1n) is 6.76. The van der Waals surface area contributed by atoms with Crippen LogP contribution in [0.25, 0.3) is 11.3 Å². The van der Waals surface area contributed by atoms with Gasteiger partial charge in [-0.2, -0.15) is 0 Å². The summed E-state index contributed by atoms with van der Waals surface area (Å²) >= 11 is 0. The van der Waals surface area contributed by atoms with Crippen LogP contribution in [0, 0.1) is 13.8 Å². The van der Waals surface area contributed by atoms with E-state index in [1.807, 2.05) is 45.9 Å². The van der Waals surface area contributed by atoms with Crippen LogP contribution in [-0.4, -0.2) is 16.4 Å². The molecule has 20 heavy (non-hydrogen) atoms. The molecule has 0 unspecified atom stereocenters. The Bertz CT molecular complexity index is 567. The molecule has 0 spiro atoms. The summed E-state index contributed by atoms with van der Waals surface area (Å²) in [5.41, 5.74) is 5.07. The van der Waals surface area contributed by atoms with Crippen LogP contribution in [-0.2, 0) is 11.3 Å². The first-order chi connectivity index (χ1) is 9.70. The van der Waals surface area contributed by atoms with Crippen molar-refractivity contribution in [3.05, 3.63) is 47.4 Å². The Hall–Kier alpha value is -2.23. The SMILES string of the molecule is CC.Cc1cc(-c2ncc(CNC=O)cc2C)ccn1. The maximum atomic E-state index is 10.3. The molecule has 0 saturated heterocycles. The number of hydrogen-bond acceptors (Lipinski definition) is 3. The van der Waals surface area contributed by atoms with Crippen LogP contribution in [0.5, 0.6) is 0 Å². The van der Waals surface area contributed by atoms with Crippen molar-refractivity contribution in [3.8, 4) is 11.3 Å². The second-order valence-electron chi connectivity index (χ2n) is 4.19. The van der Waals surface area contributed by atoms with Crippen molar-refractivity contribution in [3.63, 3.8) is 0 Å². The molecule has 0 radical (unpaired) electrons. The summed E-state index contributed by atoms with van der Waals surface area (Å²) in [7, 11) is 0. The predicted molar refractivity (Wildman–Crippen MR) is 81.2 cm³/mol. The zero-order chi connectivity index (χ0) is 15.0. The molecule has 4 nitrogen and oxygen atoms in total. The molecule has 2 aromatic rings. The smallest absolute Gasteiger partial charge is 0.207 e. The van der Waals surface area contributed by atoms with Gasteiger partial charge in [-0.3, -0.25) is 14.8 Å². The van der Waals surface area contributed by atoms with Crippen LogP contribution in [0.1, 0.15) is 30.7 Å². The number of aryl methyl sites for hydroxylation is 2. The van der Waals surface area contributed by atoms with E-state index in [0.717, 1.165) is 28.1 Å². The minimum atomic E-state index is 0.507. The van der Waals surface area contributed by atoms with E-state index in [1.54, 1.807) is 12.4 Å². The Labute approximate surface area is 120 Å². The fourth-order valence-electron chi connectivity index (χ4n) is 1.88. The molecule has 1 amide bonds. The van der Waals surface area contributed by atoms with Crippen molar-refractivity contribution >= 4 is 6.41 Å². The van der Waals surface area contributed by atoms with E-state index in [2.05, 4.69) is 15.3 Å². The summed E-state index contributed by atoms with van der Waals surface area (Å²) in [6.07, 6.45) is 4.26. The Morgan fingerprint density at radius 1 is 1.20 bits per heavy atom. The molecule has 0 aliphatic heterocycles. The monoisotopic (exact) mass is 271 g/mol. The number of aromatic nitrogens is 2. The third kappa shape index (κ3) is 4.16. The van der Waals surface area contributed by atoms with Crippen molar-refractivity contribution in [1.29, 1.82) is 0 Å². The van der Waals surface area contributed by atoms with Crippen molar-refractivity contribution in [2.75, 3.05) is 0 Å². The van der Waals surface area contributed by atoms with E-state index < -0.39 is 0 Å². The van der Waals surface area contributed by atoms with Crippen LogP contribution in [0.3, 0.4) is 0 Å². The van der Waals surface area contributed by atoms with E-state index in [9.17, 15) is 4.79 Å². The topological polar surface area (TPSA) is 54.9 Å². The molecule has 4 heteroatoms. The Kier molecular flexibility index (Phi) is 6.37. The van der Waals surface area contributed by atoms with Gasteiger partial charge in [-0.05, 0) is 37.1 Å². The largest absolute Gasteiger partial charge is 0.355 e. The van der Waals surface area contributed by atoms with E-state index in [4.69, 9.17) is 0 Å². The summed E-state index contributed by atoms with van der Waals surface area (Å²) in [4.78, 5) is 18.9. The lowest BCUT2D eigenvalue weighted by Crippen LogP contribution is -2.10. The predicted octanol–water partition coefficient (Wildman–Crippen LogP) is 3.03. The van der Waals surface area contributed by atoms with Gasteiger partial charge in [-0.15, -0.1) is 0 Å². The highest BCUT2D eigenvalue weighted by Crippen LogP contribution is 2.21. The normalized spacial score (nSPS) is 9.40. The van der Waals surface area contributed by atoms with Crippen LogP contribution in [0.4, 0.5) is 0 Å². The lowest BCUT2D eigenvalue weighted by Gasteiger charge is -2.08. The number of nitrogens with one attached hydrogen (secondary N) is 1. The summed E-state index contributed by atoms with van der Waals surface area (Å²) < 4.78 is 0. The van der Waals surface area contributed by atoms with Gasteiger partial charge in [0.2, 0.25) is 6.41 Å². The second-order valence-corrected chi connectivity index (χ2v) is 4.19. The van der Waals surface area contributed by atoms with Crippen molar-refractivity contribution in [1.82, 2.24) is 15.3 Å². The molecule has 1 N–H and O–H groups in total. The molecule has 0 saturated carbocycles. The average Bonchev–Trinajstić information content (AvgIpc) is 2.47. The molecule has 0 aliphatic rings. The molecular formula is C16H21N3O. The highest BCUT2D eigenvalue weighted by atomic mass is 16.1. The lowest BCUT2D eigenvalue weighted by atomic mass is 10.1. The summed E-state index contributed by atoms with van der Waals surface area (Å²) in [5.74, 6) is 0. The average molecular weight is 271 g/mol. The molecule has 0 aromatic carbocycles. The van der Waals surface area contributed by atoms with Gasteiger partial charge in [0, 0.05) is 30.2 Å². The number of rotatable bonds is 4. The second kappa shape index (κ2) is 8.04. The molecule has 0 fully saturated rings. The first-order valence-corrected chi connectivity index (χ1v) is 6.76. The van der Waals surface area contributed by atoms with Gasteiger partial charge in [0.1, 0.15) is 0 Å². The summed E-state index contributed by atoms with van der Waals surface area (Å²) in [5, 5.41) is 2.63. The number of nitrogens with zero attached hydrogens (tertiary/aromatic N) is 2. The Morgan fingerprint density at radius 2 is 1.95 bits per heavy atom. The van der Waals surface area contributed by atoms with Gasteiger partial charge in [0.05, 0.1) is 5.69 Å². The van der Waals surface area contributed by atoms with Crippen LogP contribution in [0.2, 0.25) is 0 Å². The maximum Gasteiger partial charge on any atom is 0.207 e. The van der Waals surface area contributed by atoms with Crippen molar-refractivity contribution < 1.29 is 4.79 Å². The molecule has 0 bridgehead atoms. The van der Waals surface area contributed by atoms with Crippen LogP contribution < -0.4 is 5.32 Å². The lowest BCUT2D eigenvalue weighted by molar-refractivity contribution is -0.109. The zero-order valence-corrected chi connectivity index (χ0v) is 12.5. The van der Waals surface area contributed by atoms with Gasteiger partial charge in [0.25, 0.3) is 0 Å². The third-order valence-corrected chi connectivity index (χ3v) is 2.69. The number of pyridine rings is 2. The van der Waals surface area contributed by atoms with Gasteiger partial charge >= 0.3 is 0 Å². The van der Waals surface area contributed by atoms with Crippen molar-refractivity contribution in [2.24, 2.45) is 0 Å². The number of hydrogen-bond donors (Lipinski definition) is 1. The van der Waals surface area contributed by atoms with E-state index in [-0.39, 0.29) is 0 Å². The van der Waals surface area contributed by atoms with E-state index >= 15 is 0 Å². The molecular weight excluding hydrogens is 250 g/mol. The number of amides is 1. The molecule has 0 atom stereocenters. The highest BCUT2D eigenvalue weighted by molar-refractivity contribution is 5.63. The van der Waals surface area contributed by atoms with Crippen molar-refractivity contribution in [2.45, 2.75) is 34.2 Å². The molecule has 106 valence electrons. The quantitative estimate of drug-likeness (QED) is 0.870. The van der Waals surface area contributed by atoms with Gasteiger partial charge in [0.15, 0.2) is 0 Å². The molecule has 2 heterocycles. The molecule has 2 aromatic heterocycles. The van der Waals surface area contributed by atoms with Crippen LogP contribution >= 0.6 is 0 Å². The Morgan fingerprint density at radius 3 is 2.55 bits per heavy atom. The fourth-order valence-corrected chi connectivity index (χ4v) is 1.88. The number of carbonyl (C=O) groups excluding carboxylic acids is 1.